The first kappa shape index (κ1) is 18.1. The number of anilines is 2. The van der Waals surface area contributed by atoms with Crippen LogP contribution in [-0.2, 0) is 4.79 Å². The van der Waals surface area contributed by atoms with Gasteiger partial charge in [-0.3, -0.25) is 9.59 Å². The number of rotatable bonds is 5. The van der Waals surface area contributed by atoms with Crippen LogP contribution in [0.15, 0.2) is 54.6 Å². The summed E-state index contributed by atoms with van der Waals surface area (Å²) in [6.07, 6.45) is 2.93. The summed E-state index contributed by atoms with van der Waals surface area (Å²) in [5.41, 5.74) is 7.78. The molecule has 5 heteroatoms. The first-order valence-corrected chi connectivity index (χ1v) is 9.04. The van der Waals surface area contributed by atoms with Crippen LogP contribution < -0.4 is 16.0 Å². The van der Waals surface area contributed by atoms with Gasteiger partial charge in [0.2, 0.25) is 5.91 Å². The second kappa shape index (κ2) is 8.15. The summed E-state index contributed by atoms with van der Waals surface area (Å²) in [5, 5.41) is 2.96. The minimum Gasteiger partial charge on any atom is -0.330 e. The molecular weight excluding hydrogens is 326 g/mol. The lowest BCUT2D eigenvalue weighted by molar-refractivity contribution is -0.120. The first-order valence-electron chi connectivity index (χ1n) is 9.04. The number of amides is 2. The zero-order valence-corrected chi connectivity index (χ0v) is 15.0. The number of nitrogens with one attached hydrogen (secondary N) is 1. The van der Waals surface area contributed by atoms with Gasteiger partial charge in [0.05, 0.1) is 0 Å². The Balaban J connectivity index is 1.72. The Labute approximate surface area is 154 Å². The van der Waals surface area contributed by atoms with Gasteiger partial charge in [-0.25, -0.2) is 0 Å². The summed E-state index contributed by atoms with van der Waals surface area (Å²) in [4.78, 5) is 26.9. The van der Waals surface area contributed by atoms with E-state index in [2.05, 4.69) is 5.32 Å². The van der Waals surface area contributed by atoms with Gasteiger partial charge in [-0.15, -0.1) is 0 Å². The third-order valence-electron chi connectivity index (χ3n) is 5.12. The van der Waals surface area contributed by atoms with Crippen molar-refractivity contribution in [2.75, 3.05) is 23.8 Å². The summed E-state index contributed by atoms with van der Waals surface area (Å²) in [7, 11) is 1.74. The normalized spacial score (nSPS) is 19.2. The Morgan fingerprint density at radius 1 is 1.12 bits per heavy atom. The fourth-order valence-corrected chi connectivity index (χ4v) is 3.59. The molecular formula is C21H25N3O2. The van der Waals surface area contributed by atoms with Gasteiger partial charge in [-0.05, 0) is 55.6 Å². The highest BCUT2D eigenvalue weighted by molar-refractivity contribution is 6.06. The lowest BCUT2D eigenvalue weighted by Gasteiger charge is -2.19. The van der Waals surface area contributed by atoms with Crippen LogP contribution in [0.25, 0.3) is 0 Å². The molecule has 0 bridgehead atoms. The van der Waals surface area contributed by atoms with Crippen LogP contribution in [0.3, 0.4) is 0 Å². The average Bonchev–Trinajstić information content (AvgIpc) is 3.17. The lowest BCUT2D eigenvalue weighted by Crippen LogP contribution is -2.30. The number of nitrogens with two attached hydrogens (primary N) is 1. The van der Waals surface area contributed by atoms with Crippen LogP contribution in [0.4, 0.5) is 11.4 Å². The lowest BCUT2D eigenvalue weighted by atomic mass is 9.95. The van der Waals surface area contributed by atoms with Gasteiger partial charge in [0.15, 0.2) is 0 Å². The van der Waals surface area contributed by atoms with Gasteiger partial charge < -0.3 is 16.0 Å². The monoisotopic (exact) mass is 351 g/mol. The number of carbonyl (C=O) groups is 2. The minimum absolute atomic E-state index is 0.000960. The molecule has 2 aromatic carbocycles. The highest BCUT2D eigenvalue weighted by Gasteiger charge is 2.31. The van der Waals surface area contributed by atoms with Crippen molar-refractivity contribution in [2.24, 2.45) is 17.6 Å². The second-order valence-electron chi connectivity index (χ2n) is 6.80. The van der Waals surface area contributed by atoms with E-state index in [-0.39, 0.29) is 23.7 Å². The molecule has 1 aliphatic carbocycles. The third-order valence-corrected chi connectivity index (χ3v) is 5.12. The highest BCUT2D eigenvalue weighted by atomic mass is 16.2. The van der Waals surface area contributed by atoms with Gasteiger partial charge in [-0.1, -0.05) is 30.7 Å². The van der Waals surface area contributed by atoms with E-state index in [0.717, 1.165) is 24.9 Å². The Kier molecular flexibility index (Phi) is 5.68. The van der Waals surface area contributed by atoms with Crippen LogP contribution in [0, 0.1) is 11.8 Å². The van der Waals surface area contributed by atoms with Crippen molar-refractivity contribution in [1.29, 1.82) is 0 Å². The van der Waals surface area contributed by atoms with Crippen LogP contribution >= 0.6 is 0 Å². The summed E-state index contributed by atoms with van der Waals surface area (Å²) < 4.78 is 0. The number of benzene rings is 2. The van der Waals surface area contributed by atoms with E-state index in [0.29, 0.717) is 17.8 Å². The second-order valence-corrected chi connectivity index (χ2v) is 6.80. The fourth-order valence-electron chi connectivity index (χ4n) is 3.59. The van der Waals surface area contributed by atoms with E-state index < -0.39 is 0 Å². The number of hydrogen-bond donors (Lipinski definition) is 2. The molecule has 0 aromatic heterocycles. The molecule has 26 heavy (non-hydrogen) atoms. The van der Waals surface area contributed by atoms with Crippen LogP contribution in [-0.4, -0.2) is 25.4 Å². The molecule has 2 amide bonds. The predicted octanol–water partition coefficient (Wildman–Crippen LogP) is 3.28. The van der Waals surface area contributed by atoms with E-state index in [1.165, 1.54) is 0 Å². The molecule has 0 spiro atoms. The summed E-state index contributed by atoms with van der Waals surface area (Å²) in [6, 6.07) is 16.6. The third kappa shape index (κ3) is 3.94. The van der Waals surface area contributed by atoms with Gasteiger partial charge in [-0.2, -0.15) is 0 Å². The standard InChI is InChI=1S/C21H25N3O2/c1-24(18-10-3-2-4-11-18)21(26)15-7-5-9-17(13-15)23-20(25)19-12-6-8-16(19)14-22/h2-5,7,9-11,13,16,19H,6,8,12,14,22H2,1H3,(H,23,25)/t16-,19-/m1/s1. The van der Waals surface area contributed by atoms with Gasteiger partial charge >= 0.3 is 0 Å². The van der Waals surface area contributed by atoms with Crippen LogP contribution in [0.2, 0.25) is 0 Å². The predicted molar refractivity (Wildman–Crippen MR) is 104 cm³/mol. The molecule has 2 atom stereocenters. The van der Waals surface area contributed by atoms with E-state index in [1.807, 2.05) is 36.4 Å². The van der Waals surface area contributed by atoms with E-state index >= 15 is 0 Å². The van der Waals surface area contributed by atoms with Crippen molar-refractivity contribution in [3.63, 3.8) is 0 Å². The maximum atomic E-state index is 12.7. The molecule has 0 heterocycles. The largest absolute Gasteiger partial charge is 0.330 e. The quantitative estimate of drug-likeness (QED) is 0.868. The Morgan fingerprint density at radius 3 is 2.62 bits per heavy atom. The number of hydrogen-bond acceptors (Lipinski definition) is 3. The molecule has 2 aromatic rings. The topological polar surface area (TPSA) is 75.4 Å². The first-order chi connectivity index (χ1) is 12.6. The molecule has 3 rings (SSSR count). The smallest absolute Gasteiger partial charge is 0.258 e. The molecule has 1 saturated carbocycles. The molecule has 0 unspecified atom stereocenters. The molecule has 0 aliphatic heterocycles. The minimum atomic E-state index is -0.118. The van der Waals surface area contributed by atoms with E-state index in [1.54, 1.807) is 30.1 Å². The highest BCUT2D eigenvalue weighted by Crippen LogP contribution is 2.32. The van der Waals surface area contributed by atoms with Crippen molar-refractivity contribution < 1.29 is 9.59 Å². The van der Waals surface area contributed by atoms with Gasteiger partial charge in [0.25, 0.3) is 5.91 Å². The molecule has 136 valence electrons. The molecule has 0 saturated heterocycles. The van der Waals surface area contributed by atoms with Crippen molar-refractivity contribution in [3.05, 3.63) is 60.2 Å². The van der Waals surface area contributed by atoms with E-state index in [4.69, 9.17) is 5.73 Å². The molecule has 0 radical (unpaired) electrons. The molecule has 1 fully saturated rings. The Hall–Kier alpha value is -2.66. The maximum absolute atomic E-state index is 12.7. The molecule has 1 aliphatic rings. The summed E-state index contributed by atoms with van der Waals surface area (Å²) >= 11 is 0. The van der Waals surface area contributed by atoms with Crippen molar-refractivity contribution in [2.45, 2.75) is 19.3 Å². The van der Waals surface area contributed by atoms with Gasteiger partial charge in [0.1, 0.15) is 0 Å². The van der Waals surface area contributed by atoms with Crippen molar-refractivity contribution in [1.82, 2.24) is 0 Å². The zero-order valence-electron chi connectivity index (χ0n) is 15.0. The van der Waals surface area contributed by atoms with Crippen LogP contribution in [0.1, 0.15) is 29.6 Å². The fraction of sp³-hybridized carbons (Fsp3) is 0.333. The Bertz CT molecular complexity index is 776. The van der Waals surface area contributed by atoms with Crippen LogP contribution in [0.5, 0.6) is 0 Å². The van der Waals surface area contributed by atoms with Crippen molar-refractivity contribution in [3.8, 4) is 0 Å². The van der Waals surface area contributed by atoms with E-state index in [9.17, 15) is 9.59 Å². The summed E-state index contributed by atoms with van der Waals surface area (Å²) in [6.45, 7) is 0.540. The van der Waals surface area contributed by atoms with Crippen molar-refractivity contribution >= 4 is 23.2 Å². The maximum Gasteiger partial charge on any atom is 0.258 e. The SMILES string of the molecule is CN(C(=O)c1cccc(NC(=O)[C@@H]2CCC[C@@H]2CN)c1)c1ccccc1. The average molecular weight is 351 g/mol. The summed E-state index contributed by atoms with van der Waals surface area (Å²) in [5.74, 6) is 0.0994. The Morgan fingerprint density at radius 2 is 1.88 bits per heavy atom. The number of carbonyl (C=O) groups excluding carboxylic acids is 2. The van der Waals surface area contributed by atoms with Gasteiger partial charge in [0, 0.05) is 29.9 Å². The number of nitrogens with zero attached hydrogens (tertiary/aromatic N) is 1. The number of para-hydroxylation sites is 1. The molecule has 3 N–H and O–H groups in total. The molecule has 5 nitrogen and oxygen atoms in total. The zero-order chi connectivity index (χ0) is 18.5.